The van der Waals surface area contributed by atoms with E-state index in [1.54, 1.807) is 0 Å². The fourth-order valence-corrected chi connectivity index (χ4v) is 3.06. The first-order valence-electron chi connectivity index (χ1n) is 5.33. The van der Waals surface area contributed by atoms with Gasteiger partial charge in [-0.15, -0.1) is 0 Å². The van der Waals surface area contributed by atoms with Crippen molar-refractivity contribution in [1.29, 1.82) is 0 Å². The van der Waals surface area contributed by atoms with Crippen molar-refractivity contribution < 1.29 is 4.79 Å². The molecule has 74 valence electrons. The highest BCUT2D eigenvalue weighted by atomic mass is 16.1. The summed E-state index contributed by atoms with van der Waals surface area (Å²) in [4.78, 5) is 11.1. The summed E-state index contributed by atoms with van der Waals surface area (Å²) in [5.74, 6) is 0.244. The van der Waals surface area contributed by atoms with Crippen LogP contribution >= 0.6 is 0 Å². The third-order valence-electron chi connectivity index (χ3n) is 4.35. The molecule has 0 aromatic rings. The molecule has 1 aliphatic heterocycles. The number of carbonyl (C=O) groups excluding carboxylic acids is 1. The molecule has 2 fully saturated rings. The van der Waals surface area contributed by atoms with Crippen molar-refractivity contribution in [2.24, 2.45) is 10.8 Å². The summed E-state index contributed by atoms with van der Waals surface area (Å²) in [6.45, 7) is 5.63. The molecule has 0 radical (unpaired) electrons. The second kappa shape index (κ2) is 2.73. The Balaban J connectivity index is 2.16. The van der Waals surface area contributed by atoms with E-state index in [1.165, 1.54) is 19.3 Å². The van der Waals surface area contributed by atoms with Gasteiger partial charge in [0.2, 0.25) is 5.91 Å². The van der Waals surface area contributed by atoms with Gasteiger partial charge >= 0.3 is 0 Å². The third-order valence-corrected chi connectivity index (χ3v) is 4.35. The van der Waals surface area contributed by atoms with E-state index in [1.807, 2.05) is 0 Å². The van der Waals surface area contributed by atoms with Crippen LogP contribution in [0.25, 0.3) is 0 Å². The molecule has 1 aliphatic carbocycles. The fourth-order valence-electron chi connectivity index (χ4n) is 3.06. The Labute approximate surface area is 80.1 Å². The van der Waals surface area contributed by atoms with E-state index in [2.05, 4.69) is 19.2 Å². The maximum atomic E-state index is 11.1. The molecule has 2 aliphatic rings. The zero-order valence-electron chi connectivity index (χ0n) is 8.65. The highest BCUT2D eigenvalue weighted by molar-refractivity contribution is 5.76. The molecular weight excluding hydrogens is 162 g/mol. The molecule has 1 atom stereocenters. The number of hydrogen-bond acceptors (Lipinski definition) is 1. The zero-order chi connectivity index (χ0) is 9.53. The van der Waals surface area contributed by atoms with E-state index in [0.29, 0.717) is 10.8 Å². The Hall–Kier alpha value is -0.530. The molecule has 0 aromatic heterocycles. The van der Waals surface area contributed by atoms with Crippen molar-refractivity contribution in [3.63, 3.8) is 0 Å². The van der Waals surface area contributed by atoms with Crippen molar-refractivity contribution in [3.05, 3.63) is 0 Å². The minimum Gasteiger partial charge on any atom is -0.356 e. The molecule has 13 heavy (non-hydrogen) atoms. The van der Waals surface area contributed by atoms with E-state index in [0.717, 1.165) is 19.4 Å². The highest BCUT2D eigenvalue weighted by Gasteiger charge is 2.49. The highest BCUT2D eigenvalue weighted by Crippen LogP contribution is 2.55. The lowest BCUT2D eigenvalue weighted by Crippen LogP contribution is -2.48. The van der Waals surface area contributed by atoms with E-state index in [9.17, 15) is 4.79 Å². The standard InChI is InChI=1S/C11H19NO/c1-10(2)5-3-6-11(10)7-4-9(13)12-8-11/h3-8H2,1-2H3,(H,12,13). The molecule has 1 unspecified atom stereocenters. The second-order valence-electron chi connectivity index (χ2n) is 5.29. The van der Waals surface area contributed by atoms with Gasteiger partial charge < -0.3 is 5.32 Å². The molecule has 2 heteroatoms. The lowest BCUT2D eigenvalue weighted by Gasteiger charge is -2.44. The number of nitrogens with one attached hydrogen (secondary N) is 1. The Morgan fingerprint density at radius 1 is 1.23 bits per heavy atom. The Kier molecular flexibility index (Phi) is 1.90. The summed E-state index contributed by atoms with van der Waals surface area (Å²) >= 11 is 0. The predicted molar refractivity (Wildman–Crippen MR) is 52.3 cm³/mol. The lowest BCUT2D eigenvalue weighted by molar-refractivity contribution is -0.125. The molecule has 0 bridgehead atoms. The van der Waals surface area contributed by atoms with Gasteiger partial charge in [-0.1, -0.05) is 20.3 Å². The van der Waals surface area contributed by atoms with Gasteiger partial charge in [0.1, 0.15) is 0 Å². The van der Waals surface area contributed by atoms with Crippen LogP contribution < -0.4 is 5.32 Å². The first-order valence-corrected chi connectivity index (χ1v) is 5.33. The molecule has 2 rings (SSSR count). The monoisotopic (exact) mass is 181 g/mol. The van der Waals surface area contributed by atoms with Crippen molar-refractivity contribution in [3.8, 4) is 0 Å². The van der Waals surface area contributed by atoms with Gasteiger partial charge in [0.15, 0.2) is 0 Å². The van der Waals surface area contributed by atoms with Gasteiger partial charge in [0.05, 0.1) is 0 Å². The average Bonchev–Trinajstić information content (AvgIpc) is 2.34. The van der Waals surface area contributed by atoms with Crippen LogP contribution in [0.5, 0.6) is 0 Å². The number of rotatable bonds is 0. The summed E-state index contributed by atoms with van der Waals surface area (Å²) in [7, 11) is 0. The SMILES string of the molecule is CC1(C)CCCC12CCC(=O)NC2. The van der Waals surface area contributed by atoms with E-state index >= 15 is 0 Å². The topological polar surface area (TPSA) is 29.1 Å². The largest absolute Gasteiger partial charge is 0.356 e. The van der Waals surface area contributed by atoms with Crippen molar-refractivity contribution >= 4 is 5.91 Å². The van der Waals surface area contributed by atoms with Crippen LogP contribution in [0, 0.1) is 10.8 Å². The number of carbonyl (C=O) groups is 1. The number of piperidine rings is 1. The number of amides is 1. The normalized spacial score (nSPS) is 37.8. The Morgan fingerprint density at radius 2 is 2.00 bits per heavy atom. The summed E-state index contributed by atoms with van der Waals surface area (Å²) in [6.07, 6.45) is 5.81. The maximum Gasteiger partial charge on any atom is 0.220 e. The van der Waals surface area contributed by atoms with E-state index < -0.39 is 0 Å². The third kappa shape index (κ3) is 1.27. The summed E-state index contributed by atoms with van der Waals surface area (Å²) in [5, 5.41) is 3.03. The molecular formula is C11H19NO. The van der Waals surface area contributed by atoms with Gasteiger partial charge in [-0.3, -0.25) is 4.79 Å². The minimum atomic E-state index is 0.244. The zero-order valence-corrected chi connectivity index (χ0v) is 8.65. The predicted octanol–water partition coefficient (Wildman–Crippen LogP) is 2.09. The summed E-state index contributed by atoms with van der Waals surface area (Å²) in [6, 6.07) is 0. The summed E-state index contributed by atoms with van der Waals surface area (Å²) in [5.41, 5.74) is 0.849. The minimum absolute atomic E-state index is 0.244. The molecule has 1 heterocycles. The Morgan fingerprint density at radius 3 is 2.46 bits per heavy atom. The second-order valence-corrected chi connectivity index (χ2v) is 5.29. The van der Waals surface area contributed by atoms with Gasteiger partial charge in [0, 0.05) is 13.0 Å². The smallest absolute Gasteiger partial charge is 0.220 e. The lowest BCUT2D eigenvalue weighted by atomic mass is 9.64. The maximum absolute atomic E-state index is 11.1. The molecule has 1 amide bonds. The molecule has 2 nitrogen and oxygen atoms in total. The fraction of sp³-hybridized carbons (Fsp3) is 0.909. The van der Waals surface area contributed by atoms with Crippen LogP contribution in [0.3, 0.4) is 0 Å². The van der Waals surface area contributed by atoms with Gasteiger partial charge in [-0.25, -0.2) is 0 Å². The van der Waals surface area contributed by atoms with E-state index in [-0.39, 0.29) is 5.91 Å². The van der Waals surface area contributed by atoms with Crippen LogP contribution in [0.15, 0.2) is 0 Å². The molecule has 1 N–H and O–H groups in total. The van der Waals surface area contributed by atoms with Gasteiger partial charge in [0.25, 0.3) is 0 Å². The first-order chi connectivity index (χ1) is 6.06. The van der Waals surface area contributed by atoms with Gasteiger partial charge in [-0.05, 0) is 30.1 Å². The molecule has 1 saturated heterocycles. The van der Waals surface area contributed by atoms with Crippen LogP contribution in [0.2, 0.25) is 0 Å². The molecule has 0 aromatic carbocycles. The van der Waals surface area contributed by atoms with Crippen LogP contribution in [0.1, 0.15) is 46.0 Å². The van der Waals surface area contributed by atoms with E-state index in [4.69, 9.17) is 0 Å². The average molecular weight is 181 g/mol. The van der Waals surface area contributed by atoms with Crippen molar-refractivity contribution in [2.45, 2.75) is 46.0 Å². The van der Waals surface area contributed by atoms with Crippen LogP contribution in [-0.4, -0.2) is 12.5 Å². The molecule has 1 saturated carbocycles. The van der Waals surface area contributed by atoms with Crippen LogP contribution in [0.4, 0.5) is 0 Å². The quantitative estimate of drug-likeness (QED) is 0.609. The van der Waals surface area contributed by atoms with Gasteiger partial charge in [-0.2, -0.15) is 0 Å². The Bertz CT molecular complexity index is 222. The summed E-state index contributed by atoms with van der Waals surface area (Å²) < 4.78 is 0. The van der Waals surface area contributed by atoms with Crippen molar-refractivity contribution in [2.75, 3.05) is 6.54 Å². The van der Waals surface area contributed by atoms with Crippen molar-refractivity contribution in [1.82, 2.24) is 5.32 Å². The van der Waals surface area contributed by atoms with Crippen LogP contribution in [-0.2, 0) is 4.79 Å². The first kappa shape index (κ1) is 9.04. The number of hydrogen-bond donors (Lipinski definition) is 1. The molecule has 1 spiro atoms.